The maximum absolute atomic E-state index is 13.5. The first kappa shape index (κ1) is 23.4. The summed E-state index contributed by atoms with van der Waals surface area (Å²) in [6.45, 7) is 0. The third-order valence-electron chi connectivity index (χ3n) is 5.47. The highest BCUT2D eigenvalue weighted by Gasteiger charge is 2.45. The van der Waals surface area contributed by atoms with Crippen molar-refractivity contribution in [3.63, 3.8) is 0 Å². The second kappa shape index (κ2) is 10.0. The molecule has 178 valence electrons. The third kappa shape index (κ3) is 4.81. The molecule has 4 amide bonds. The molecule has 1 N–H and O–H groups in total. The van der Waals surface area contributed by atoms with Crippen molar-refractivity contribution in [1.29, 1.82) is 0 Å². The van der Waals surface area contributed by atoms with E-state index >= 15 is 0 Å². The highest BCUT2D eigenvalue weighted by Crippen LogP contribution is 2.29. The highest BCUT2D eigenvalue weighted by atomic mass is 16.5. The monoisotopic (exact) mass is 474 g/mol. The van der Waals surface area contributed by atoms with Crippen LogP contribution in [-0.4, -0.2) is 53.9 Å². The van der Waals surface area contributed by atoms with Gasteiger partial charge < -0.3 is 9.47 Å². The summed E-state index contributed by atoms with van der Waals surface area (Å²) >= 11 is 0. The number of anilines is 1. The van der Waals surface area contributed by atoms with Crippen LogP contribution in [0.3, 0.4) is 0 Å². The van der Waals surface area contributed by atoms with Crippen molar-refractivity contribution in [1.82, 2.24) is 15.4 Å². The molecule has 3 aromatic rings. The van der Waals surface area contributed by atoms with E-state index in [-0.39, 0.29) is 17.5 Å². The minimum absolute atomic E-state index is 0.195. The van der Waals surface area contributed by atoms with Crippen LogP contribution in [0.25, 0.3) is 0 Å². The minimum atomic E-state index is -1.26. The normalized spacial score (nSPS) is 15.0. The quantitative estimate of drug-likeness (QED) is 0.430. The second-order valence-corrected chi connectivity index (χ2v) is 7.57. The number of carbonyl (C=O) groups is 4. The van der Waals surface area contributed by atoms with Gasteiger partial charge in [-0.15, -0.1) is 0 Å². The summed E-state index contributed by atoms with van der Waals surface area (Å²) in [5.41, 5.74) is 3.24. The zero-order valence-corrected chi connectivity index (χ0v) is 19.0. The van der Waals surface area contributed by atoms with Crippen LogP contribution in [0.15, 0.2) is 73.1 Å². The Bertz CT molecular complexity index is 1260. The lowest BCUT2D eigenvalue weighted by Crippen LogP contribution is -2.54. The van der Waals surface area contributed by atoms with E-state index < -0.39 is 29.7 Å². The van der Waals surface area contributed by atoms with Crippen molar-refractivity contribution >= 4 is 29.3 Å². The molecular formula is C25H22N4O6. The van der Waals surface area contributed by atoms with Crippen molar-refractivity contribution in [2.24, 2.45) is 0 Å². The van der Waals surface area contributed by atoms with Crippen LogP contribution < -0.4 is 19.8 Å². The summed E-state index contributed by atoms with van der Waals surface area (Å²) < 4.78 is 10.3. The smallest absolute Gasteiger partial charge is 0.273 e. The van der Waals surface area contributed by atoms with Gasteiger partial charge >= 0.3 is 0 Å². The SMILES string of the molecule is COc1ccc(C(=O)N(NC(=O)c2ccncc2)C2CC(=O)N(c3cccc(OC)c3)C2=O)cc1. The number of carbonyl (C=O) groups excluding carboxylic acids is 4. The van der Waals surface area contributed by atoms with Crippen molar-refractivity contribution in [2.45, 2.75) is 12.5 Å². The Morgan fingerprint density at radius 3 is 2.29 bits per heavy atom. The van der Waals surface area contributed by atoms with E-state index in [4.69, 9.17) is 9.47 Å². The van der Waals surface area contributed by atoms with E-state index in [0.29, 0.717) is 17.2 Å². The molecule has 10 heteroatoms. The Hall–Kier alpha value is -4.73. The summed E-state index contributed by atoms with van der Waals surface area (Å²) in [4.78, 5) is 57.5. The van der Waals surface area contributed by atoms with Crippen molar-refractivity contribution in [3.8, 4) is 11.5 Å². The Morgan fingerprint density at radius 2 is 1.63 bits per heavy atom. The molecule has 10 nitrogen and oxygen atoms in total. The number of nitrogens with one attached hydrogen (secondary N) is 1. The molecule has 4 rings (SSSR count). The summed E-state index contributed by atoms with van der Waals surface area (Å²) in [5.74, 6) is -1.46. The zero-order chi connectivity index (χ0) is 24.9. The molecule has 0 spiro atoms. The number of ether oxygens (including phenoxy) is 2. The van der Waals surface area contributed by atoms with Gasteiger partial charge in [0, 0.05) is 29.6 Å². The predicted octanol–water partition coefficient (Wildman–Crippen LogP) is 2.22. The van der Waals surface area contributed by atoms with Crippen LogP contribution in [0.4, 0.5) is 5.69 Å². The molecular weight excluding hydrogens is 452 g/mol. The molecule has 35 heavy (non-hydrogen) atoms. The van der Waals surface area contributed by atoms with Gasteiger partial charge in [-0.05, 0) is 48.5 Å². The molecule has 0 aliphatic carbocycles. The lowest BCUT2D eigenvalue weighted by atomic mass is 10.1. The minimum Gasteiger partial charge on any atom is -0.497 e. The number of hydrogen-bond donors (Lipinski definition) is 1. The average molecular weight is 474 g/mol. The van der Waals surface area contributed by atoms with Crippen LogP contribution in [-0.2, 0) is 9.59 Å². The van der Waals surface area contributed by atoms with Crippen LogP contribution in [0.5, 0.6) is 11.5 Å². The lowest BCUT2D eigenvalue weighted by molar-refractivity contribution is -0.122. The molecule has 2 aromatic carbocycles. The highest BCUT2D eigenvalue weighted by molar-refractivity contribution is 6.23. The Kier molecular flexibility index (Phi) is 6.72. The first-order valence-electron chi connectivity index (χ1n) is 10.6. The molecule has 1 aromatic heterocycles. The van der Waals surface area contributed by atoms with E-state index in [1.807, 2.05) is 0 Å². The number of amides is 4. The largest absolute Gasteiger partial charge is 0.497 e. The maximum atomic E-state index is 13.5. The molecule has 1 unspecified atom stereocenters. The molecule has 2 heterocycles. The van der Waals surface area contributed by atoms with Gasteiger partial charge in [-0.3, -0.25) is 29.6 Å². The number of aromatic nitrogens is 1. The molecule has 1 saturated heterocycles. The number of hydrogen-bond acceptors (Lipinski definition) is 7. The van der Waals surface area contributed by atoms with Gasteiger partial charge in [0.15, 0.2) is 0 Å². The summed E-state index contributed by atoms with van der Waals surface area (Å²) in [7, 11) is 2.97. The number of hydrazine groups is 1. The van der Waals surface area contributed by atoms with E-state index in [1.165, 1.54) is 50.9 Å². The summed E-state index contributed by atoms with van der Waals surface area (Å²) in [5, 5.41) is 0.908. The fraction of sp³-hybridized carbons (Fsp3) is 0.160. The van der Waals surface area contributed by atoms with Gasteiger partial charge in [0.25, 0.3) is 17.7 Å². The topological polar surface area (TPSA) is 118 Å². The first-order valence-corrected chi connectivity index (χ1v) is 10.6. The Balaban J connectivity index is 1.68. The number of nitrogens with zero attached hydrogens (tertiary/aromatic N) is 3. The van der Waals surface area contributed by atoms with Crippen molar-refractivity contribution in [2.75, 3.05) is 19.1 Å². The Labute approximate surface area is 201 Å². The molecule has 0 saturated carbocycles. The molecule has 0 radical (unpaired) electrons. The third-order valence-corrected chi connectivity index (χ3v) is 5.47. The van der Waals surface area contributed by atoms with Gasteiger partial charge in [0.05, 0.1) is 26.3 Å². The Morgan fingerprint density at radius 1 is 0.943 bits per heavy atom. The number of pyridine rings is 1. The molecule has 1 aliphatic heterocycles. The number of rotatable bonds is 6. The van der Waals surface area contributed by atoms with E-state index in [9.17, 15) is 19.2 Å². The predicted molar refractivity (Wildman–Crippen MR) is 125 cm³/mol. The average Bonchev–Trinajstić information content (AvgIpc) is 3.20. The second-order valence-electron chi connectivity index (χ2n) is 7.57. The summed E-state index contributed by atoms with van der Waals surface area (Å²) in [6, 6.07) is 14.3. The fourth-order valence-corrected chi connectivity index (χ4v) is 3.66. The number of methoxy groups -OCH3 is 2. The van der Waals surface area contributed by atoms with Crippen molar-refractivity contribution < 1.29 is 28.7 Å². The number of imide groups is 1. The molecule has 1 fully saturated rings. The standard InChI is InChI=1S/C25H22N4O6/c1-34-19-8-6-17(7-9-19)24(32)29(27-23(31)16-10-12-26-13-11-16)21-15-22(30)28(25(21)33)18-4-3-5-20(14-18)35-2/h3-14,21H,15H2,1-2H3,(H,27,31). The fourth-order valence-electron chi connectivity index (χ4n) is 3.66. The van der Waals surface area contributed by atoms with Gasteiger partial charge in [0.1, 0.15) is 17.5 Å². The van der Waals surface area contributed by atoms with E-state index in [0.717, 1.165) is 9.91 Å². The molecule has 1 atom stereocenters. The van der Waals surface area contributed by atoms with Crippen molar-refractivity contribution in [3.05, 3.63) is 84.2 Å². The van der Waals surface area contributed by atoms with Gasteiger partial charge in [0.2, 0.25) is 5.91 Å². The zero-order valence-electron chi connectivity index (χ0n) is 19.0. The van der Waals surface area contributed by atoms with Gasteiger partial charge in [-0.2, -0.15) is 0 Å². The first-order chi connectivity index (χ1) is 16.9. The van der Waals surface area contributed by atoms with Crippen LogP contribution >= 0.6 is 0 Å². The van der Waals surface area contributed by atoms with Gasteiger partial charge in [-0.25, -0.2) is 9.91 Å². The summed E-state index contributed by atoms with van der Waals surface area (Å²) in [6.07, 6.45) is 2.55. The number of benzene rings is 2. The maximum Gasteiger partial charge on any atom is 0.273 e. The van der Waals surface area contributed by atoms with Crippen LogP contribution in [0, 0.1) is 0 Å². The van der Waals surface area contributed by atoms with E-state index in [2.05, 4.69) is 10.4 Å². The molecule has 1 aliphatic rings. The molecule has 0 bridgehead atoms. The van der Waals surface area contributed by atoms with E-state index in [1.54, 1.807) is 36.4 Å². The lowest BCUT2D eigenvalue weighted by Gasteiger charge is -2.28. The van der Waals surface area contributed by atoms with Gasteiger partial charge in [-0.1, -0.05) is 6.07 Å². The van der Waals surface area contributed by atoms with Crippen LogP contribution in [0.2, 0.25) is 0 Å². The van der Waals surface area contributed by atoms with Crippen LogP contribution in [0.1, 0.15) is 27.1 Å².